The van der Waals surface area contributed by atoms with Crippen LogP contribution in [-0.2, 0) is 17.6 Å². The second kappa shape index (κ2) is 8.58. The zero-order valence-corrected chi connectivity index (χ0v) is 18.6. The summed E-state index contributed by atoms with van der Waals surface area (Å²) >= 11 is 3.11. The highest BCUT2D eigenvalue weighted by molar-refractivity contribution is 7.99. The van der Waals surface area contributed by atoms with E-state index >= 15 is 0 Å². The average molecular weight is 464 g/mol. The normalized spacial score (nSPS) is 22.8. The third-order valence-corrected chi connectivity index (χ3v) is 8.69. The smallest absolute Gasteiger partial charge is 0.257 e. The quantitative estimate of drug-likeness (QED) is 0.649. The molecule has 2 atom stereocenters. The molecule has 31 heavy (non-hydrogen) atoms. The van der Waals surface area contributed by atoms with Crippen LogP contribution in [0.15, 0.2) is 28.2 Å². The van der Waals surface area contributed by atoms with E-state index in [1.54, 1.807) is 33.0 Å². The molecule has 0 spiro atoms. The van der Waals surface area contributed by atoms with E-state index in [1.165, 1.54) is 6.07 Å². The molecule has 0 N–H and O–H groups in total. The van der Waals surface area contributed by atoms with Crippen molar-refractivity contribution in [3.63, 3.8) is 0 Å². The minimum atomic E-state index is -0.447. The van der Waals surface area contributed by atoms with Crippen LogP contribution in [0, 0.1) is 11.6 Å². The van der Waals surface area contributed by atoms with Gasteiger partial charge in [-0.25, -0.2) is 13.8 Å². The Morgan fingerprint density at radius 2 is 2.10 bits per heavy atom. The first-order valence-corrected chi connectivity index (χ1v) is 12.7. The van der Waals surface area contributed by atoms with Crippen molar-refractivity contribution in [2.24, 2.45) is 0 Å². The highest BCUT2D eigenvalue weighted by Crippen LogP contribution is 2.37. The van der Waals surface area contributed by atoms with E-state index in [1.807, 2.05) is 0 Å². The van der Waals surface area contributed by atoms with E-state index in [-0.39, 0.29) is 29.2 Å². The zero-order valence-electron chi connectivity index (χ0n) is 17.0. The number of aryl methyl sites for hydroxylation is 1. The second-order valence-electron chi connectivity index (χ2n) is 8.21. The summed E-state index contributed by atoms with van der Waals surface area (Å²) in [7, 11) is 0. The summed E-state index contributed by atoms with van der Waals surface area (Å²) in [6.07, 6.45) is 3.44. The predicted molar refractivity (Wildman–Crippen MR) is 118 cm³/mol. The van der Waals surface area contributed by atoms with Gasteiger partial charge in [0.05, 0.1) is 11.7 Å². The molecule has 0 radical (unpaired) electrons. The van der Waals surface area contributed by atoms with Crippen LogP contribution in [0.2, 0.25) is 0 Å². The maximum Gasteiger partial charge on any atom is 0.257 e. The Morgan fingerprint density at radius 3 is 2.97 bits per heavy atom. The van der Waals surface area contributed by atoms with E-state index in [4.69, 9.17) is 0 Å². The summed E-state index contributed by atoms with van der Waals surface area (Å²) < 4.78 is 29.5. The Hall–Kier alpha value is -1.87. The molecule has 3 aliphatic rings. The molecule has 1 fully saturated rings. The van der Waals surface area contributed by atoms with Crippen LogP contribution in [-0.4, -0.2) is 45.0 Å². The van der Waals surface area contributed by atoms with Crippen molar-refractivity contribution in [3.8, 4) is 0 Å². The maximum atomic E-state index is 14.2. The number of thioether (sulfide) groups is 2. The highest BCUT2D eigenvalue weighted by Gasteiger charge is 2.33. The molecular formula is C22H23F2N3O2S2. The van der Waals surface area contributed by atoms with Gasteiger partial charge in [-0.1, -0.05) is 11.8 Å². The predicted octanol–water partition coefficient (Wildman–Crippen LogP) is 3.75. The number of rotatable bonds is 3. The minimum absolute atomic E-state index is 0.00631. The molecule has 1 aliphatic carbocycles. The standard InChI is InChI=1S/C22H23F2N3O2S2/c23-13-4-5-17(24)16(10-13)19-6-7-26(8-9-30-19)20(28)11-14-12-31-22-25-18-3-1-2-15(18)21(29)27(14)22/h4-5,10,14,19H,1-3,6-9,11-12H2. The number of benzene rings is 1. The summed E-state index contributed by atoms with van der Waals surface area (Å²) in [5.74, 6) is 0.495. The van der Waals surface area contributed by atoms with Crippen molar-refractivity contribution in [1.82, 2.24) is 14.5 Å². The SMILES string of the molecule is O=C(CC1CSc2nc3c(c(=O)n21)CCC3)N1CCSC(c2cc(F)ccc2F)CC1. The molecule has 5 rings (SSSR count). The number of carbonyl (C=O) groups excluding carboxylic acids is 1. The number of aromatic nitrogens is 2. The van der Waals surface area contributed by atoms with Crippen LogP contribution >= 0.6 is 23.5 Å². The Bertz CT molecular complexity index is 1090. The lowest BCUT2D eigenvalue weighted by Crippen LogP contribution is -2.36. The van der Waals surface area contributed by atoms with Crippen molar-refractivity contribution in [2.45, 2.75) is 48.6 Å². The molecule has 1 aromatic carbocycles. The van der Waals surface area contributed by atoms with Crippen molar-refractivity contribution < 1.29 is 13.6 Å². The Morgan fingerprint density at radius 1 is 1.23 bits per heavy atom. The molecule has 1 amide bonds. The molecule has 2 unspecified atom stereocenters. The third-order valence-electron chi connectivity index (χ3n) is 6.28. The van der Waals surface area contributed by atoms with Gasteiger partial charge in [0.25, 0.3) is 5.56 Å². The van der Waals surface area contributed by atoms with Gasteiger partial charge in [0.1, 0.15) is 11.6 Å². The molecule has 9 heteroatoms. The lowest BCUT2D eigenvalue weighted by molar-refractivity contribution is -0.131. The van der Waals surface area contributed by atoms with Gasteiger partial charge in [0.15, 0.2) is 5.16 Å². The fraction of sp³-hybridized carbons (Fsp3) is 0.500. The van der Waals surface area contributed by atoms with Gasteiger partial charge in [-0.05, 0) is 43.9 Å². The van der Waals surface area contributed by atoms with Gasteiger partial charge in [0, 0.05) is 47.4 Å². The minimum Gasteiger partial charge on any atom is -0.342 e. The Labute approximate surface area is 187 Å². The molecule has 2 aliphatic heterocycles. The molecule has 1 saturated heterocycles. The zero-order chi connectivity index (χ0) is 21.5. The second-order valence-corrected chi connectivity index (χ2v) is 10.5. The van der Waals surface area contributed by atoms with E-state index in [2.05, 4.69) is 4.98 Å². The summed E-state index contributed by atoms with van der Waals surface area (Å²) in [5, 5.41) is 0.558. The largest absolute Gasteiger partial charge is 0.342 e. The Balaban J connectivity index is 1.28. The van der Waals surface area contributed by atoms with Gasteiger partial charge < -0.3 is 4.90 Å². The third kappa shape index (κ3) is 4.02. The molecule has 3 heterocycles. The van der Waals surface area contributed by atoms with E-state index in [0.29, 0.717) is 36.6 Å². The molecule has 1 aromatic heterocycles. The number of halogens is 2. The molecular weight excluding hydrogens is 440 g/mol. The van der Waals surface area contributed by atoms with Crippen LogP contribution in [0.3, 0.4) is 0 Å². The number of amides is 1. The summed E-state index contributed by atoms with van der Waals surface area (Å²) in [6.45, 7) is 1.07. The van der Waals surface area contributed by atoms with Crippen molar-refractivity contribution in [2.75, 3.05) is 24.6 Å². The summed E-state index contributed by atoms with van der Waals surface area (Å²) in [5.41, 5.74) is 2.13. The van der Waals surface area contributed by atoms with Crippen molar-refractivity contribution in [1.29, 1.82) is 0 Å². The van der Waals surface area contributed by atoms with E-state index < -0.39 is 11.6 Å². The summed E-state index contributed by atoms with van der Waals surface area (Å²) in [6, 6.07) is 3.37. The maximum absolute atomic E-state index is 14.2. The van der Waals surface area contributed by atoms with Crippen LogP contribution in [0.25, 0.3) is 0 Å². The van der Waals surface area contributed by atoms with Crippen LogP contribution in [0.4, 0.5) is 8.78 Å². The van der Waals surface area contributed by atoms with E-state index in [9.17, 15) is 18.4 Å². The van der Waals surface area contributed by atoms with Crippen molar-refractivity contribution in [3.05, 3.63) is 57.0 Å². The lowest BCUT2D eigenvalue weighted by atomic mass is 10.1. The van der Waals surface area contributed by atoms with E-state index in [0.717, 1.165) is 47.8 Å². The molecule has 164 valence electrons. The van der Waals surface area contributed by atoms with Gasteiger partial charge in [-0.2, -0.15) is 11.8 Å². The number of nitrogens with zero attached hydrogens (tertiary/aromatic N) is 3. The molecule has 5 nitrogen and oxygen atoms in total. The first-order chi connectivity index (χ1) is 15.0. The van der Waals surface area contributed by atoms with Gasteiger partial charge >= 0.3 is 0 Å². The average Bonchev–Trinajstić information content (AvgIpc) is 3.30. The fourth-order valence-corrected chi connectivity index (χ4v) is 7.06. The monoisotopic (exact) mass is 463 g/mol. The summed E-state index contributed by atoms with van der Waals surface area (Å²) in [4.78, 5) is 32.5. The van der Waals surface area contributed by atoms with Crippen LogP contribution in [0.1, 0.15) is 47.4 Å². The number of hydrogen-bond acceptors (Lipinski definition) is 5. The molecule has 2 aromatic rings. The Kier molecular flexibility index (Phi) is 5.81. The van der Waals surface area contributed by atoms with Gasteiger partial charge in [0.2, 0.25) is 5.91 Å². The molecule has 0 bridgehead atoms. The topological polar surface area (TPSA) is 55.2 Å². The first kappa shape index (κ1) is 21.0. The van der Waals surface area contributed by atoms with Crippen LogP contribution in [0.5, 0.6) is 0 Å². The number of fused-ring (bicyclic) bond motifs is 2. The van der Waals surface area contributed by atoms with Crippen molar-refractivity contribution >= 4 is 29.4 Å². The molecule has 0 saturated carbocycles. The van der Waals surface area contributed by atoms with Crippen LogP contribution < -0.4 is 5.56 Å². The first-order valence-electron chi connectivity index (χ1n) is 10.6. The number of hydrogen-bond donors (Lipinski definition) is 0. The lowest BCUT2D eigenvalue weighted by Gasteiger charge is -2.23. The van der Waals surface area contributed by atoms with Gasteiger partial charge in [-0.15, -0.1) is 0 Å². The highest BCUT2D eigenvalue weighted by atomic mass is 32.2. The number of carbonyl (C=O) groups is 1. The fourth-order valence-electron chi connectivity index (χ4n) is 4.66. The van der Waals surface area contributed by atoms with Gasteiger partial charge in [-0.3, -0.25) is 14.2 Å².